The van der Waals surface area contributed by atoms with Crippen molar-refractivity contribution in [2.24, 2.45) is 5.41 Å². The first kappa shape index (κ1) is 42.8. The normalized spacial score (nSPS) is 22.5. The summed E-state index contributed by atoms with van der Waals surface area (Å²) in [5, 5.41) is 13.1. The van der Waals surface area contributed by atoms with Crippen molar-refractivity contribution in [1.82, 2.24) is 24.5 Å². The quantitative estimate of drug-likeness (QED) is 0.101. The number of carbonyl (C=O) groups excluding carboxylic acids is 1. The Morgan fingerprint density at radius 3 is 2.52 bits per heavy atom. The number of hydrogen-bond acceptors (Lipinski definition) is 14. The van der Waals surface area contributed by atoms with Gasteiger partial charge in [0.15, 0.2) is 5.75 Å². The van der Waals surface area contributed by atoms with Crippen molar-refractivity contribution in [3.8, 4) is 23.0 Å². The maximum Gasteiger partial charge on any atom is 0.316 e. The van der Waals surface area contributed by atoms with Gasteiger partial charge in [0, 0.05) is 80.8 Å². The van der Waals surface area contributed by atoms with Crippen molar-refractivity contribution in [2.75, 3.05) is 77.2 Å². The molecule has 18 heteroatoms. The molecule has 0 unspecified atom stereocenters. The molecule has 6 aliphatic rings. The zero-order chi connectivity index (χ0) is 45.0. The van der Waals surface area contributed by atoms with Gasteiger partial charge < -0.3 is 33.6 Å². The van der Waals surface area contributed by atoms with Gasteiger partial charge in [0.2, 0.25) is 5.75 Å². The lowest BCUT2D eigenvalue weighted by molar-refractivity contribution is -0.386. The maximum absolute atomic E-state index is 14.1. The third-order valence-electron chi connectivity index (χ3n) is 14.4. The lowest BCUT2D eigenvalue weighted by Crippen LogP contribution is -2.58. The number of ether oxygens (including phenoxy) is 5. The second-order valence-corrected chi connectivity index (χ2v) is 20.3. The van der Waals surface area contributed by atoms with E-state index in [4.69, 9.17) is 23.7 Å². The van der Waals surface area contributed by atoms with Gasteiger partial charge in [-0.2, -0.15) is 0 Å². The fraction of sp³-hybridized carbons (Fsp3) is 0.458. The molecule has 1 spiro atoms. The predicted octanol–water partition coefficient (Wildman–Crippen LogP) is 6.55. The van der Waals surface area contributed by atoms with Crippen molar-refractivity contribution in [3.05, 3.63) is 106 Å². The number of amides is 1. The molecule has 2 aromatic heterocycles. The van der Waals surface area contributed by atoms with E-state index in [9.17, 15) is 23.3 Å². The SMILES string of the molecule is O=C(NS(=O)(=O)c1cc2c(c([N+](=O)[O-])c1)O[C@H](CN1CCOCC1)CO2)c1ccc(N2CCC3(CC2)CC(N2CCOC[C@@H]2c2ccccc2C2CC2)C3)cc1Oc1cnc2[nH]ccc2c1. The zero-order valence-corrected chi connectivity index (χ0v) is 37.4. The molecule has 11 rings (SSSR count). The smallest absolute Gasteiger partial charge is 0.316 e. The van der Waals surface area contributed by atoms with Crippen molar-refractivity contribution in [3.63, 3.8) is 0 Å². The van der Waals surface area contributed by atoms with Gasteiger partial charge in [-0.15, -0.1) is 0 Å². The lowest BCUT2D eigenvalue weighted by atomic mass is 9.59. The number of H-pyrrole nitrogens is 1. The molecule has 17 nitrogen and oxygen atoms in total. The van der Waals surface area contributed by atoms with Gasteiger partial charge in [0.05, 0.1) is 54.0 Å². The number of pyridine rings is 1. The van der Waals surface area contributed by atoms with Crippen LogP contribution in [0.25, 0.3) is 11.0 Å². The van der Waals surface area contributed by atoms with Crippen molar-refractivity contribution in [2.45, 2.75) is 67.5 Å². The second-order valence-electron chi connectivity index (χ2n) is 18.6. The van der Waals surface area contributed by atoms with Crippen LogP contribution in [0.15, 0.2) is 84.0 Å². The van der Waals surface area contributed by atoms with E-state index in [2.05, 4.69) is 53.7 Å². The Morgan fingerprint density at radius 1 is 0.939 bits per heavy atom. The standard InChI is InChI=1S/C48H53N7O10S/c56-47(51-66(59,60)37-23-41(55(57)58)45-44(24-37)63-29-36(65-45)28-52-15-18-61-19-16-52)40-8-7-33(22-43(40)64-35-21-32-9-12-49-46(32)50-27-35)53-13-10-48(11-14-53)25-34(26-48)54-17-20-62-30-42(54)39-4-2-1-3-38(39)31-5-6-31/h1-4,7-9,12,21-24,27,31,34,36,42H,5-6,10-11,13-20,25-26,28-30H2,(H,49,50)(H,51,56)/t36-,42-/m1/s1. The number of anilines is 1. The summed E-state index contributed by atoms with van der Waals surface area (Å²) in [5.74, 6) is -0.0752. The zero-order valence-electron chi connectivity index (χ0n) is 36.6. The molecule has 3 saturated heterocycles. The van der Waals surface area contributed by atoms with Crippen LogP contribution in [0.2, 0.25) is 0 Å². The van der Waals surface area contributed by atoms with Gasteiger partial charge in [-0.1, -0.05) is 24.3 Å². The Hall–Kier alpha value is -5.79. The summed E-state index contributed by atoms with van der Waals surface area (Å²) in [4.78, 5) is 39.8. The number of sulfonamides is 1. The number of aromatic nitrogens is 2. The highest BCUT2D eigenvalue weighted by Gasteiger charge is 2.50. The van der Waals surface area contributed by atoms with E-state index < -0.39 is 37.5 Å². The number of benzene rings is 3. The van der Waals surface area contributed by atoms with Gasteiger partial charge >= 0.3 is 5.69 Å². The third kappa shape index (κ3) is 8.56. The summed E-state index contributed by atoms with van der Waals surface area (Å²) in [5.41, 5.74) is 4.06. The third-order valence-corrected chi connectivity index (χ3v) is 15.7. The molecule has 3 aromatic carbocycles. The highest BCUT2D eigenvalue weighted by Crippen LogP contribution is 2.54. The number of nitro groups is 1. The second kappa shape index (κ2) is 17.5. The topological polar surface area (TPSA) is 191 Å². The first-order valence-electron chi connectivity index (χ1n) is 23.0. The van der Waals surface area contributed by atoms with E-state index in [0.29, 0.717) is 56.2 Å². The number of fused-ring (bicyclic) bond motifs is 2. The van der Waals surface area contributed by atoms with Crippen LogP contribution in [0.4, 0.5) is 11.4 Å². The summed E-state index contributed by atoms with van der Waals surface area (Å²) in [6.45, 7) is 7.10. The Morgan fingerprint density at radius 2 is 1.73 bits per heavy atom. The minimum atomic E-state index is -4.67. The summed E-state index contributed by atoms with van der Waals surface area (Å²) in [6, 6.07) is 20.5. The monoisotopic (exact) mass is 919 g/mol. The molecule has 2 saturated carbocycles. The number of nitrogens with one attached hydrogen (secondary N) is 2. The molecule has 1 amide bonds. The fourth-order valence-corrected chi connectivity index (χ4v) is 11.7. The van der Waals surface area contributed by atoms with E-state index in [1.165, 1.54) is 30.2 Å². The largest absolute Gasteiger partial charge is 0.485 e. The van der Waals surface area contributed by atoms with Crippen LogP contribution in [0.3, 0.4) is 0 Å². The number of hydrogen-bond donors (Lipinski definition) is 2. The molecule has 5 fully saturated rings. The summed E-state index contributed by atoms with van der Waals surface area (Å²) >= 11 is 0. The number of carbonyl (C=O) groups is 1. The van der Waals surface area contributed by atoms with Gasteiger partial charge in [0.25, 0.3) is 15.9 Å². The molecule has 2 atom stereocenters. The summed E-state index contributed by atoms with van der Waals surface area (Å²) in [7, 11) is -4.67. The van der Waals surface area contributed by atoms with Crippen molar-refractivity contribution < 1.29 is 41.8 Å². The average Bonchev–Trinajstić information content (AvgIpc) is 4.07. The molecular formula is C48H53N7O10S. The molecule has 5 aromatic rings. The molecule has 2 N–H and O–H groups in total. The molecule has 346 valence electrons. The molecule has 6 heterocycles. The van der Waals surface area contributed by atoms with E-state index in [-0.39, 0.29) is 40.9 Å². The number of nitrogens with zero attached hydrogens (tertiary/aromatic N) is 5. The Bertz CT molecular complexity index is 2760. The first-order chi connectivity index (χ1) is 32.1. The van der Waals surface area contributed by atoms with Crippen molar-refractivity contribution >= 4 is 38.3 Å². The van der Waals surface area contributed by atoms with Crippen LogP contribution in [-0.4, -0.2) is 123 Å². The summed E-state index contributed by atoms with van der Waals surface area (Å²) < 4.78 is 59.7. The van der Waals surface area contributed by atoms with Crippen LogP contribution in [0.5, 0.6) is 23.0 Å². The fourth-order valence-electron chi connectivity index (χ4n) is 10.7. The molecular weight excluding hydrogens is 867 g/mol. The average molecular weight is 920 g/mol. The molecule has 66 heavy (non-hydrogen) atoms. The lowest BCUT2D eigenvalue weighted by Gasteiger charge is -2.57. The Labute approximate surface area is 382 Å². The van der Waals surface area contributed by atoms with E-state index >= 15 is 0 Å². The first-order valence-corrected chi connectivity index (χ1v) is 24.5. The Kier molecular flexibility index (Phi) is 11.3. The number of rotatable bonds is 12. The Balaban J connectivity index is 0.800. The highest BCUT2D eigenvalue weighted by atomic mass is 32.2. The number of nitro benzene ring substituents is 1. The van der Waals surface area contributed by atoms with E-state index in [1.807, 2.05) is 12.1 Å². The minimum absolute atomic E-state index is 0.0480. The minimum Gasteiger partial charge on any atom is -0.485 e. The highest BCUT2D eigenvalue weighted by molar-refractivity contribution is 7.90. The van der Waals surface area contributed by atoms with E-state index in [0.717, 1.165) is 81.7 Å². The van der Waals surface area contributed by atoms with E-state index in [1.54, 1.807) is 24.4 Å². The van der Waals surface area contributed by atoms with Crippen LogP contribution in [-0.2, 0) is 19.5 Å². The maximum atomic E-state index is 14.1. The van der Waals surface area contributed by atoms with Gasteiger partial charge in [0.1, 0.15) is 29.9 Å². The number of aromatic amines is 1. The van der Waals surface area contributed by atoms with Gasteiger partial charge in [-0.3, -0.25) is 24.7 Å². The predicted molar refractivity (Wildman–Crippen MR) is 243 cm³/mol. The van der Waals surface area contributed by atoms with Gasteiger partial charge in [-0.05, 0) is 85.3 Å². The van der Waals surface area contributed by atoms with Crippen molar-refractivity contribution in [1.29, 1.82) is 0 Å². The van der Waals surface area contributed by atoms with Crippen LogP contribution in [0, 0.1) is 15.5 Å². The number of piperidine rings is 1. The summed E-state index contributed by atoms with van der Waals surface area (Å²) in [6.07, 6.45) is 9.68. The van der Waals surface area contributed by atoms with Crippen LogP contribution < -0.4 is 23.8 Å². The molecule has 2 aliphatic carbocycles. The molecule has 0 radical (unpaired) electrons. The van der Waals surface area contributed by atoms with Crippen LogP contribution in [0.1, 0.15) is 72.0 Å². The molecule has 0 bridgehead atoms. The number of morpholine rings is 2. The van der Waals surface area contributed by atoms with Crippen LogP contribution >= 0.6 is 0 Å². The molecule has 4 aliphatic heterocycles. The van der Waals surface area contributed by atoms with Gasteiger partial charge in [-0.25, -0.2) is 18.1 Å².